The molecule has 0 aliphatic carbocycles. The fourth-order valence-corrected chi connectivity index (χ4v) is 1.68. The van der Waals surface area contributed by atoms with Crippen LogP contribution in [-0.2, 0) is 0 Å². The van der Waals surface area contributed by atoms with Crippen molar-refractivity contribution in [3.05, 3.63) is 46.7 Å². The number of aromatic hydroxyl groups is 2. The quantitative estimate of drug-likeness (QED) is 0.738. The monoisotopic (exact) mass is 278 g/mol. The summed E-state index contributed by atoms with van der Waals surface area (Å²) in [4.78, 5) is 15.9. The smallest absolute Gasteiger partial charge is 0.263 e. The third kappa shape index (κ3) is 2.77. The SMILES string of the molecule is Cc1cc(NC(=O)c2c(O)cccc2O)cnc1Cl. The first-order valence-corrected chi connectivity index (χ1v) is 5.81. The van der Waals surface area contributed by atoms with Crippen molar-refractivity contribution < 1.29 is 15.0 Å². The van der Waals surface area contributed by atoms with Crippen molar-refractivity contribution in [3.63, 3.8) is 0 Å². The maximum Gasteiger partial charge on any atom is 0.263 e. The van der Waals surface area contributed by atoms with Crippen LogP contribution in [0.2, 0.25) is 5.15 Å². The second-order valence-electron chi connectivity index (χ2n) is 3.96. The maximum absolute atomic E-state index is 12.0. The molecule has 0 unspecified atom stereocenters. The van der Waals surface area contributed by atoms with Crippen LogP contribution in [-0.4, -0.2) is 21.1 Å². The van der Waals surface area contributed by atoms with Crippen molar-refractivity contribution in [3.8, 4) is 11.5 Å². The van der Waals surface area contributed by atoms with Crippen LogP contribution < -0.4 is 5.32 Å². The zero-order valence-electron chi connectivity index (χ0n) is 10.0. The van der Waals surface area contributed by atoms with Gasteiger partial charge in [-0.1, -0.05) is 17.7 Å². The van der Waals surface area contributed by atoms with Gasteiger partial charge in [-0.05, 0) is 30.7 Å². The fraction of sp³-hybridized carbons (Fsp3) is 0.0769. The Labute approximate surface area is 114 Å². The Morgan fingerprint density at radius 1 is 1.32 bits per heavy atom. The summed E-state index contributed by atoms with van der Waals surface area (Å²) in [5.41, 5.74) is 0.950. The highest BCUT2D eigenvalue weighted by Gasteiger charge is 2.16. The molecular weight excluding hydrogens is 268 g/mol. The molecule has 1 aromatic carbocycles. The molecule has 0 atom stereocenters. The Morgan fingerprint density at radius 2 is 1.95 bits per heavy atom. The highest BCUT2D eigenvalue weighted by molar-refractivity contribution is 6.30. The van der Waals surface area contributed by atoms with Crippen molar-refractivity contribution in [2.75, 3.05) is 5.32 Å². The van der Waals surface area contributed by atoms with Gasteiger partial charge in [0.05, 0.1) is 11.9 Å². The van der Waals surface area contributed by atoms with Gasteiger partial charge in [0.1, 0.15) is 22.2 Å². The van der Waals surface area contributed by atoms with Gasteiger partial charge in [0.25, 0.3) is 5.91 Å². The average molecular weight is 279 g/mol. The third-order valence-electron chi connectivity index (χ3n) is 2.52. The van der Waals surface area contributed by atoms with Gasteiger partial charge < -0.3 is 15.5 Å². The predicted molar refractivity (Wildman–Crippen MR) is 71.7 cm³/mol. The largest absolute Gasteiger partial charge is 0.507 e. The van der Waals surface area contributed by atoms with Crippen LogP contribution >= 0.6 is 11.6 Å². The second-order valence-corrected chi connectivity index (χ2v) is 4.32. The molecule has 2 aromatic rings. The number of hydrogen-bond donors (Lipinski definition) is 3. The number of rotatable bonds is 2. The number of phenolic OH excluding ortho intramolecular Hbond substituents is 2. The lowest BCUT2D eigenvalue weighted by atomic mass is 10.1. The summed E-state index contributed by atoms with van der Waals surface area (Å²) in [6.45, 7) is 1.75. The van der Waals surface area contributed by atoms with Crippen LogP contribution in [0.4, 0.5) is 5.69 Å². The van der Waals surface area contributed by atoms with Gasteiger partial charge in [-0.3, -0.25) is 4.79 Å². The van der Waals surface area contributed by atoms with E-state index < -0.39 is 5.91 Å². The van der Waals surface area contributed by atoms with Crippen LogP contribution in [0.1, 0.15) is 15.9 Å². The molecular formula is C13H11ClN2O3. The summed E-state index contributed by atoms with van der Waals surface area (Å²) in [5, 5.41) is 22.0. The molecule has 0 spiro atoms. The molecule has 0 aliphatic rings. The molecule has 0 aliphatic heterocycles. The predicted octanol–water partition coefficient (Wildman–Crippen LogP) is 2.71. The first-order valence-electron chi connectivity index (χ1n) is 5.43. The molecule has 1 heterocycles. The minimum atomic E-state index is -0.626. The lowest BCUT2D eigenvalue weighted by Crippen LogP contribution is -2.12. The number of nitrogens with zero attached hydrogens (tertiary/aromatic N) is 1. The topological polar surface area (TPSA) is 82.5 Å². The van der Waals surface area contributed by atoms with E-state index in [0.717, 1.165) is 0 Å². The molecule has 0 saturated heterocycles. The van der Waals surface area contributed by atoms with Crippen molar-refractivity contribution in [2.45, 2.75) is 6.92 Å². The maximum atomic E-state index is 12.0. The van der Waals surface area contributed by atoms with Crippen molar-refractivity contribution in [1.82, 2.24) is 4.98 Å². The Hall–Kier alpha value is -2.27. The number of anilines is 1. The standard InChI is InChI=1S/C13H11ClN2O3/c1-7-5-8(6-15-12(7)14)16-13(19)11-9(17)3-2-4-10(11)18/h2-6,17-18H,1H3,(H,16,19). The lowest BCUT2D eigenvalue weighted by molar-refractivity contribution is 0.102. The second kappa shape index (κ2) is 5.16. The lowest BCUT2D eigenvalue weighted by Gasteiger charge is -2.09. The van der Waals surface area contributed by atoms with Gasteiger partial charge in [-0.15, -0.1) is 0 Å². The van der Waals surface area contributed by atoms with Crippen molar-refractivity contribution in [1.29, 1.82) is 0 Å². The summed E-state index contributed by atoms with van der Waals surface area (Å²) < 4.78 is 0. The van der Waals surface area contributed by atoms with Gasteiger partial charge in [-0.2, -0.15) is 0 Å². The number of carbonyl (C=O) groups is 1. The van der Waals surface area contributed by atoms with Crippen LogP contribution in [0.15, 0.2) is 30.5 Å². The molecule has 0 radical (unpaired) electrons. The first kappa shape index (κ1) is 13.2. The molecule has 6 heteroatoms. The van der Waals surface area contributed by atoms with Gasteiger partial charge in [0.2, 0.25) is 0 Å². The molecule has 1 amide bonds. The van der Waals surface area contributed by atoms with E-state index in [4.69, 9.17) is 11.6 Å². The number of halogens is 1. The number of amides is 1. The highest BCUT2D eigenvalue weighted by Crippen LogP contribution is 2.27. The van der Waals surface area contributed by atoms with E-state index in [2.05, 4.69) is 10.3 Å². The molecule has 1 aromatic heterocycles. The molecule has 0 saturated carbocycles. The molecule has 0 bridgehead atoms. The zero-order valence-corrected chi connectivity index (χ0v) is 10.8. The van der Waals surface area contributed by atoms with Crippen LogP contribution in [0.3, 0.4) is 0 Å². The Morgan fingerprint density at radius 3 is 2.53 bits per heavy atom. The van der Waals surface area contributed by atoms with Crippen LogP contribution in [0.5, 0.6) is 11.5 Å². The highest BCUT2D eigenvalue weighted by atomic mass is 35.5. The Kier molecular flexibility index (Phi) is 3.57. The van der Waals surface area contributed by atoms with E-state index in [0.29, 0.717) is 16.4 Å². The average Bonchev–Trinajstić information content (AvgIpc) is 2.33. The van der Waals surface area contributed by atoms with Gasteiger partial charge in [0, 0.05) is 0 Å². The van der Waals surface area contributed by atoms with Gasteiger partial charge in [-0.25, -0.2) is 4.98 Å². The summed E-state index contributed by atoms with van der Waals surface area (Å²) in [7, 11) is 0. The normalized spacial score (nSPS) is 10.2. The molecule has 98 valence electrons. The summed E-state index contributed by atoms with van der Waals surface area (Å²) in [5.74, 6) is -1.22. The summed E-state index contributed by atoms with van der Waals surface area (Å²) in [6.07, 6.45) is 1.39. The Bertz CT molecular complexity index is 624. The van der Waals surface area contributed by atoms with Crippen molar-refractivity contribution >= 4 is 23.2 Å². The minimum absolute atomic E-state index is 0.185. The van der Waals surface area contributed by atoms with E-state index >= 15 is 0 Å². The molecule has 2 rings (SSSR count). The number of benzene rings is 1. The van der Waals surface area contributed by atoms with Crippen LogP contribution in [0.25, 0.3) is 0 Å². The molecule has 19 heavy (non-hydrogen) atoms. The van der Waals surface area contributed by atoms with E-state index in [9.17, 15) is 15.0 Å². The number of aromatic nitrogens is 1. The molecule has 3 N–H and O–H groups in total. The van der Waals surface area contributed by atoms with E-state index in [1.54, 1.807) is 13.0 Å². The van der Waals surface area contributed by atoms with Crippen LogP contribution in [0, 0.1) is 6.92 Å². The number of aryl methyl sites for hydroxylation is 1. The van der Waals surface area contributed by atoms with E-state index in [-0.39, 0.29) is 17.1 Å². The fourth-order valence-electron chi connectivity index (χ4n) is 1.58. The number of nitrogens with one attached hydrogen (secondary N) is 1. The van der Waals surface area contributed by atoms with E-state index in [1.165, 1.54) is 24.4 Å². The van der Waals surface area contributed by atoms with Gasteiger partial charge >= 0.3 is 0 Å². The number of carbonyl (C=O) groups excluding carboxylic acids is 1. The number of phenols is 2. The first-order chi connectivity index (χ1) is 8.99. The third-order valence-corrected chi connectivity index (χ3v) is 2.92. The number of pyridine rings is 1. The molecule has 5 nitrogen and oxygen atoms in total. The van der Waals surface area contributed by atoms with E-state index in [1.807, 2.05) is 0 Å². The zero-order chi connectivity index (χ0) is 14.0. The number of hydrogen-bond acceptors (Lipinski definition) is 4. The molecule has 0 fully saturated rings. The summed E-state index contributed by atoms with van der Waals surface area (Å²) in [6, 6.07) is 5.72. The Balaban J connectivity index is 2.28. The summed E-state index contributed by atoms with van der Waals surface area (Å²) >= 11 is 5.78. The van der Waals surface area contributed by atoms with Gasteiger partial charge in [0.15, 0.2) is 0 Å². The van der Waals surface area contributed by atoms with Crippen molar-refractivity contribution in [2.24, 2.45) is 0 Å². The minimum Gasteiger partial charge on any atom is -0.507 e.